The van der Waals surface area contributed by atoms with Gasteiger partial charge in [-0.25, -0.2) is 13.4 Å². The van der Waals surface area contributed by atoms with Gasteiger partial charge >= 0.3 is 0 Å². The van der Waals surface area contributed by atoms with Gasteiger partial charge in [0.25, 0.3) is 0 Å². The molecule has 0 radical (unpaired) electrons. The van der Waals surface area contributed by atoms with Crippen molar-refractivity contribution in [1.29, 1.82) is 0 Å². The van der Waals surface area contributed by atoms with Gasteiger partial charge in [0, 0.05) is 18.6 Å². The number of anilines is 1. The molecular weight excluding hydrogens is 286 g/mol. The molecule has 1 aromatic carbocycles. The van der Waals surface area contributed by atoms with Crippen LogP contribution in [0.3, 0.4) is 0 Å². The maximum Gasteiger partial charge on any atom is 0.233 e. The Morgan fingerprint density at radius 1 is 1.05 bits per heavy atom. The molecule has 0 fully saturated rings. The van der Waals surface area contributed by atoms with Gasteiger partial charge in [0.05, 0.1) is 11.4 Å². The minimum atomic E-state index is -3.41. The van der Waals surface area contributed by atoms with Crippen molar-refractivity contribution in [2.24, 2.45) is 0 Å². The van der Waals surface area contributed by atoms with E-state index >= 15 is 0 Å². The van der Waals surface area contributed by atoms with Gasteiger partial charge in [-0.3, -0.25) is 4.72 Å². The summed E-state index contributed by atoms with van der Waals surface area (Å²) >= 11 is 0. The molecule has 3 aromatic rings. The molecule has 0 spiro atoms. The van der Waals surface area contributed by atoms with Gasteiger partial charge in [-0.1, -0.05) is 30.3 Å². The van der Waals surface area contributed by atoms with Gasteiger partial charge in [0.2, 0.25) is 10.0 Å². The van der Waals surface area contributed by atoms with E-state index in [9.17, 15) is 8.42 Å². The number of hydrogen-bond acceptors (Lipinski definition) is 3. The zero-order valence-corrected chi connectivity index (χ0v) is 12.1. The maximum atomic E-state index is 12.2. The standard InChI is InChI=1S/C15H15N3O2S/c19-21(20,12-8-13-5-2-1-3-6-13)17-14-7-4-10-18-11-9-16-15(14)18/h1-7,9-11,17H,8,12H2. The first-order valence-electron chi connectivity index (χ1n) is 6.60. The predicted octanol–water partition coefficient (Wildman–Crippen LogP) is 2.32. The number of nitrogens with zero attached hydrogens (tertiary/aromatic N) is 2. The Morgan fingerprint density at radius 2 is 1.86 bits per heavy atom. The normalized spacial score (nSPS) is 11.6. The lowest BCUT2D eigenvalue weighted by Gasteiger charge is -2.09. The summed E-state index contributed by atoms with van der Waals surface area (Å²) in [6.45, 7) is 0. The Balaban J connectivity index is 1.75. The number of nitrogens with one attached hydrogen (secondary N) is 1. The molecule has 108 valence electrons. The fraction of sp³-hybridized carbons (Fsp3) is 0.133. The van der Waals surface area contributed by atoms with Gasteiger partial charge in [-0.05, 0) is 24.1 Å². The lowest BCUT2D eigenvalue weighted by Crippen LogP contribution is -2.18. The van der Waals surface area contributed by atoms with E-state index in [1.54, 1.807) is 28.9 Å². The molecule has 0 amide bonds. The van der Waals surface area contributed by atoms with Crippen molar-refractivity contribution in [3.8, 4) is 0 Å². The van der Waals surface area contributed by atoms with Crippen LogP contribution < -0.4 is 4.72 Å². The van der Waals surface area contributed by atoms with E-state index < -0.39 is 10.0 Å². The smallest absolute Gasteiger partial charge is 0.233 e. The molecule has 0 saturated heterocycles. The lowest BCUT2D eigenvalue weighted by atomic mass is 10.2. The van der Waals surface area contributed by atoms with E-state index in [2.05, 4.69) is 9.71 Å². The quantitative estimate of drug-likeness (QED) is 0.786. The van der Waals surface area contributed by atoms with Gasteiger partial charge in [-0.2, -0.15) is 0 Å². The zero-order valence-electron chi connectivity index (χ0n) is 11.3. The van der Waals surface area contributed by atoms with Crippen LogP contribution in [0.1, 0.15) is 5.56 Å². The number of rotatable bonds is 5. The van der Waals surface area contributed by atoms with Crippen LogP contribution in [0.15, 0.2) is 61.1 Å². The van der Waals surface area contributed by atoms with E-state index in [0.717, 1.165) is 5.56 Å². The molecule has 0 bridgehead atoms. The highest BCUT2D eigenvalue weighted by Gasteiger charge is 2.13. The molecule has 0 aliphatic heterocycles. The van der Waals surface area contributed by atoms with E-state index in [-0.39, 0.29) is 5.75 Å². The summed E-state index contributed by atoms with van der Waals surface area (Å²) in [7, 11) is -3.41. The Bertz CT molecular complexity index is 841. The SMILES string of the molecule is O=S(=O)(CCc1ccccc1)Nc1cccn2ccnc12. The summed E-state index contributed by atoms with van der Waals surface area (Å²) in [6.07, 6.45) is 5.71. The maximum absolute atomic E-state index is 12.2. The van der Waals surface area contributed by atoms with Gasteiger partial charge < -0.3 is 4.40 Å². The average Bonchev–Trinajstić information content (AvgIpc) is 2.96. The number of aryl methyl sites for hydroxylation is 1. The Hall–Kier alpha value is -2.34. The average molecular weight is 301 g/mol. The van der Waals surface area contributed by atoms with Crippen molar-refractivity contribution >= 4 is 21.4 Å². The number of fused-ring (bicyclic) bond motifs is 1. The molecule has 0 aliphatic rings. The molecule has 3 rings (SSSR count). The van der Waals surface area contributed by atoms with Crippen molar-refractivity contribution in [2.75, 3.05) is 10.5 Å². The second kappa shape index (κ2) is 5.57. The molecule has 2 aromatic heterocycles. The third-order valence-electron chi connectivity index (χ3n) is 3.19. The summed E-state index contributed by atoms with van der Waals surface area (Å²) in [5.41, 5.74) is 2.10. The molecule has 0 unspecified atom stereocenters. The summed E-state index contributed by atoms with van der Waals surface area (Å²) in [4.78, 5) is 4.16. The number of sulfonamides is 1. The van der Waals surface area contributed by atoms with Crippen molar-refractivity contribution < 1.29 is 8.42 Å². The molecule has 0 atom stereocenters. The number of pyridine rings is 1. The highest BCUT2D eigenvalue weighted by Crippen LogP contribution is 2.16. The molecule has 1 N–H and O–H groups in total. The van der Waals surface area contributed by atoms with Gasteiger partial charge in [-0.15, -0.1) is 0 Å². The fourth-order valence-corrected chi connectivity index (χ4v) is 3.24. The number of hydrogen-bond donors (Lipinski definition) is 1. The highest BCUT2D eigenvalue weighted by atomic mass is 32.2. The Labute approximate surface area is 123 Å². The van der Waals surface area contributed by atoms with E-state index in [4.69, 9.17) is 0 Å². The Morgan fingerprint density at radius 3 is 2.67 bits per heavy atom. The lowest BCUT2D eigenvalue weighted by molar-refractivity contribution is 0.600. The molecule has 0 aliphatic carbocycles. The third kappa shape index (κ3) is 3.22. The van der Waals surface area contributed by atoms with Crippen molar-refractivity contribution in [3.05, 3.63) is 66.6 Å². The predicted molar refractivity (Wildman–Crippen MR) is 82.7 cm³/mol. The van der Waals surface area contributed by atoms with Crippen LogP contribution in [0, 0.1) is 0 Å². The second-order valence-electron chi connectivity index (χ2n) is 4.74. The molecule has 21 heavy (non-hydrogen) atoms. The monoisotopic (exact) mass is 301 g/mol. The van der Waals surface area contributed by atoms with E-state index in [1.165, 1.54) is 0 Å². The summed E-state index contributed by atoms with van der Waals surface area (Å²) < 4.78 is 28.8. The fourth-order valence-electron chi connectivity index (χ4n) is 2.14. The number of benzene rings is 1. The molecule has 6 heteroatoms. The molecule has 5 nitrogen and oxygen atoms in total. The van der Waals surface area contributed by atoms with E-state index in [1.807, 2.05) is 36.5 Å². The highest BCUT2D eigenvalue weighted by molar-refractivity contribution is 7.92. The third-order valence-corrected chi connectivity index (χ3v) is 4.46. The van der Waals surface area contributed by atoms with Gasteiger partial charge in [0.15, 0.2) is 5.65 Å². The first-order valence-corrected chi connectivity index (χ1v) is 8.25. The summed E-state index contributed by atoms with van der Waals surface area (Å²) in [5.74, 6) is 0.0405. The summed E-state index contributed by atoms with van der Waals surface area (Å²) in [6, 6.07) is 13.1. The Kier molecular flexibility index (Phi) is 3.62. The summed E-state index contributed by atoms with van der Waals surface area (Å²) in [5, 5.41) is 0. The molecular formula is C15H15N3O2S. The molecule has 0 saturated carbocycles. The zero-order chi connectivity index (χ0) is 14.7. The van der Waals surface area contributed by atoms with Crippen LogP contribution in [0.5, 0.6) is 0 Å². The van der Waals surface area contributed by atoms with Crippen molar-refractivity contribution in [3.63, 3.8) is 0 Å². The first kappa shape index (κ1) is 13.6. The van der Waals surface area contributed by atoms with Crippen LogP contribution in [0.2, 0.25) is 0 Å². The molecule has 2 heterocycles. The van der Waals surface area contributed by atoms with Crippen LogP contribution in [-0.4, -0.2) is 23.6 Å². The van der Waals surface area contributed by atoms with Crippen LogP contribution in [-0.2, 0) is 16.4 Å². The van der Waals surface area contributed by atoms with Crippen molar-refractivity contribution in [1.82, 2.24) is 9.38 Å². The second-order valence-corrected chi connectivity index (χ2v) is 6.58. The minimum absolute atomic E-state index is 0.0405. The largest absolute Gasteiger partial charge is 0.305 e. The van der Waals surface area contributed by atoms with Crippen LogP contribution in [0.25, 0.3) is 5.65 Å². The number of imidazole rings is 1. The first-order chi connectivity index (χ1) is 10.1. The van der Waals surface area contributed by atoms with Crippen LogP contribution >= 0.6 is 0 Å². The van der Waals surface area contributed by atoms with Crippen LogP contribution in [0.4, 0.5) is 5.69 Å². The minimum Gasteiger partial charge on any atom is -0.305 e. The topological polar surface area (TPSA) is 63.5 Å². The van der Waals surface area contributed by atoms with Crippen molar-refractivity contribution in [2.45, 2.75) is 6.42 Å². The van der Waals surface area contributed by atoms with E-state index in [0.29, 0.717) is 17.8 Å². The van der Waals surface area contributed by atoms with Gasteiger partial charge in [0.1, 0.15) is 0 Å². The number of aromatic nitrogens is 2.